The van der Waals surface area contributed by atoms with E-state index in [9.17, 15) is 0 Å². The Labute approximate surface area is 526 Å². The van der Waals surface area contributed by atoms with Crippen LogP contribution in [0.15, 0.2) is 122 Å². The number of fused-ring (bicyclic) bond motifs is 1. The predicted molar refractivity (Wildman–Crippen MR) is 350 cm³/mol. The van der Waals surface area contributed by atoms with E-state index in [-0.39, 0.29) is 0 Å². The number of para-hydroxylation sites is 1. The second-order valence-corrected chi connectivity index (χ2v) is 38.1. The molecule has 0 atom stereocenters. The van der Waals surface area contributed by atoms with E-state index in [0.29, 0.717) is 0 Å². The molecule has 5 heterocycles. The van der Waals surface area contributed by atoms with E-state index in [4.69, 9.17) is 58.1 Å². The van der Waals surface area contributed by atoms with Crippen LogP contribution in [0, 0.1) is 85.5 Å². The van der Waals surface area contributed by atoms with Gasteiger partial charge in [0.15, 0.2) is 0 Å². The van der Waals surface area contributed by atoms with Crippen molar-refractivity contribution in [3.8, 4) is 0 Å². The maximum absolute atomic E-state index is 5.84. The average Bonchev–Trinajstić information content (AvgIpc) is 4.23. The number of hydrogen-bond donors (Lipinski definition) is 0. The molecule has 3 saturated heterocycles. The van der Waals surface area contributed by atoms with Crippen molar-refractivity contribution in [3.05, 3.63) is 212 Å². The topological polar surface area (TPSA) is 35.5 Å². The summed E-state index contributed by atoms with van der Waals surface area (Å²) in [6, 6.07) is 37.5. The first kappa shape index (κ1) is 67.8. The number of aryl methyl sites for hydroxylation is 10. The average molecular weight is 1560 g/mol. The van der Waals surface area contributed by atoms with Gasteiger partial charge in [0.1, 0.15) is 0 Å². The molecule has 0 unspecified atom stereocenters. The van der Waals surface area contributed by atoms with Crippen LogP contribution in [0.1, 0.15) is 112 Å². The van der Waals surface area contributed by atoms with Crippen molar-refractivity contribution < 1.29 is 40.6 Å². The van der Waals surface area contributed by atoms with Crippen molar-refractivity contribution in [1.29, 1.82) is 0 Å². The molecule has 0 amide bonds. The van der Waals surface area contributed by atoms with Gasteiger partial charge in [-0.1, -0.05) is 72.4 Å². The number of benzene rings is 5. The van der Waals surface area contributed by atoms with Crippen LogP contribution >= 0.6 is 80.7 Å². The minimum atomic E-state index is -1.76. The Bertz CT molecular complexity index is 2890. The van der Waals surface area contributed by atoms with Gasteiger partial charge in [-0.15, -0.1) is 0 Å². The number of aromatic nitrogens is 2. The molecule has 0 N–H and O–H groups in total. The van der Waals surface area contributed by atoms with Gasteiger partial charge in [0.25, 0.3) is 0 Å². The molecular weight excluding hydrogens is 1480 g/mol. The Hall–Kier alpha value is -1.99. The summed E-state index contributed by atoms with van der Waals surface area (Å²) in [6.45, 7) is 30.3. The molecule has 0 saturated carbocycles. The van der Waals surface area contributed by atoms with Crippen LogP contribution < -0.4 is 14.7 Å². The number of halogens is 7. The SMILES string of the molecule is Cc1cc(C)c(N2[CH-]CCC2)c(C)c1.Cc1cc(C)c(N2[CH-]CCC2)c(C)c1.Cc1cc(C)c(N2[CH-]CCC2)c(C)c1.[Cl][Ru]([Cl])=[CH]CCc1ccccn1.[Cl][Ru]([Cl])=[CH]c1cccc2cccnc12.[Cl][Ru]([Cl])=[CH]c1ccccc1I. The fourth-order valence-corrected chi connectivity index (χ4v) is 16.2. The van der Waals surface area contributed by atoms with Crippen molar-refractivity contribution in [1.82, 2.24) is 9.97 Å². The second kappa shape index (κ2) is 36.0. The van der Waals surface area contributed by atoms with Crippen LogP contribution in [0.5, 0.6) is 0 Å². The van der Waals surface area contributed by atoms with Crippen molar-refractivity contribution in [2.24, 2.45) is 0 Å². The summed E-state index contributed by atoms with van der Waals surface area (Å²) in [7, 11) is 34.5. The van der Waals surface area contributed by atoms with Crippen LogP contribution in [0.4, 0.5) is 17.1 Å². The van der Waals surface area contributed by atoms with Crippen molar-refractivity contribution in [2.45, 2.75) is 114 Å². The van der Waals surface area contributed by atoms with E-state index in [0.717, 1.165) is 40.6 Å². The first-order valence-corrected chi connectivity index (χ1v) is 43.8. The third kappa shape index (κ3) is 23.5. The number of anilines is 3. The molecule has 432 valence electrons. The molecule has 10 rings (SSSR count). The molecule has 5 nitrogen and oxygen atoms in total. The van der Waals surface area contributed by atoms with E-state index >= 15 is 0 Å². The quantitative estimate of drug-likeness (QED) is 0.0861. The summed E-state index contributed by atoms with van der Waals surface area (Å²) in [5.41, 5.74) is 21.0. The van der Waals surface area contributed by atoms with Crippen LogP contribution in [-0.4, -0.2) is 43.4 Å². The van der Waals surface area contributed by atoms with E-state index in [1.165, 1.54) is 129 Å². The molecular formula is C64H75Cl6IN5Ru3-3. The fourth-order valence-electron chi connectivity index (χ4n) is 10.0. The Morgan fingerprint density at radius 3 is 1.28 bits per heavy atom. The summed E-state index contributed by atoms with van der Waals surface area (Å²) in [5.74, 6) is 0. The monoisotopic (exact) mass is 1560 g/mol. The molecule has 3 aliphatic rings. The summed E-state index contributed by atoms with van der Waals surface area (Å²) >= 11 is -2.70. The van der Waals surface area contributed by atoms with Gasteiger partial charge in [0.2, 0.25) is 0 Å². The van der Waals surface area contributed by atoms with Crippen LogP contribution in [0.3, 0.4) is 0 Å². The maximum atomic E-state index is 5.84. The van der Waals surface area contributed by atoms with E-state index in [1.807, 2.05) is 86.6 Å². The van der Waals surface area contributed by atoms with Gasteiger partial charge in [-0.05, 0) is 115 Å². The summed E-state index contributed by atoms with van der Waals surface area (Å²) in [6.07, 6.45) is 13.0. The standard InChI is InChI=1S/3C13H18N.C10H7N.C8H9N.C7H5I.6ClH.3Ru/c3*1-10-8-11(2)13(12(3)9-10)14-6-4-5-7-14;1-8-4-2-5-9-6-3-7-11-10(8)9;1-2-5-8-6-3-4-7-9-8;1-6-4-2-3-5-7(6)8;;;;;;;;;/h3*6,8-9H,4-5,7H2,1-3H3;1-7H;1,3-4,6-7H,2,5H2;1-5H;6*1H;;;/q3*-1;;;;;;;;;;3*+2/p-6. The van der Waals surface area contributed by atoms with Crippen molar-refractivity contribution in [3.63, 3.8) is 0 Å². The number of pyridine rings is 2. The van der Waals surface area contributed by atoms with Gasteiger partial charge >= 0.3 is 274 Å². The van der Waals surface area contributed by atoms with Gasteiger partial charge in [-0.3, -0.25) is 0 Å². The third-order valence-corrected chi connectivity index (χ3v) is 19.9. The summed E-state index contributed by atoms with van der Waals surface area (Å²) in [5, 5.41) is 1.12. The minimum absolute atomic E-state index is 0.933. The molecule has 3 fully saturated rings. The third-order valence-electron chi connectivity index (χ3n) is 12.9. The zero-order valence-corrected chi connectivity index (χ0v) is 58.6. The Morgan fingerprint density at radius 1 is 0.481 bits per heavy atom. The second-order valence-electron chi connectivity index (χ2n) is 19.6. The number of hydrogen-bond acceptors (Lipinski definition) is 5. The van der Waals surface area contributed by atoms with E-state index in [1.54, 1.807) is 12.4 Å². The van der Waals surface area contributed by atoms with E-state index < -0.39 is 40.6 Å². The van der Waals surface area contributed by atoms with Crippen molar-refractivity contribution >= 4 is 123 Å². The zero-order chi connectivity index (χ0) is 57.4. The van der Waals surface area contributed by atoms with E-state index in [2.05, 4.69) is 166 Å². The molecule has 15 heteroatoms. The molecule has 0 spiro atoms. The van der Waals surface area contributed by atoms with Crippen LogP contribution in [0.2, 0.25) is 0 Å². The molecule has 7 aromatic rings. The van der Waals surface area contributed by atoms with Gasteiger partial charge in [-0.2, -0.15) is 19.3 Å². The van der Waals surface area contributed by atoms with Crippen molar-refractivity contribution in [2.75, 3.05) is 34.3 Å². The van der Waals surface area contributed by atoms with Gasteiger partial charge in [0.05, 0.1) is 0 Å². The first-order valence-electron chi connectivity index (χ1n) is 26.3. The molecule has 0 aliphatic carbocycles. The molecule has 2 aromatic heterocycles. The fraction of sp³-hybridized carbons (Fsp3) is 0.312. The van der Waals surface area contributed by atoms with Gasteiger partial charge < -0.3 is 14.7 Å². The van der Waals surface area contributed by atoms with Crippen LogP contribution in [0.25, 0.3) is 10.9 Å². The van der Waals surface area contributed by atoms with Crippen LogP contribution in [-0.2, 0) is 47.0 Å². The summed E-state index contributed by atoms with van der Waals surface area (Å²) in [4.78, 5) is 15.7. The normalized spacial score (nSPS) is 13.9. The van der Waals surface area contributed by atoms with Gasteiger partial charge in [0, 0.05) is 17.1 Å². The van der Waals surface area contributed by atoms with Gasteiger partial charge in [-0.25, -0.2) is 19.6 Å². The Kier molecular flexibility index (Phi) is 30.9. The molecule has 3 aliphatic heterocycles. The molecule has 0 bridgehead atoms. The first-order chi connectivity index (χ1) is 37.8. The Balaban J connectivity index is 0.000000175. The molecule has 5 aromatic carbocycles. The molecule has 79 heavy (non-hydrogen) atoms. The number of rotatable bonds is 8. The predicted octanol–water partition coefficient (Wildman–Crippen LogP) is 19.5. The Morgan fingerprint density at radius 2 is 0.886 bits per heavy atom. The molecule has 0 radical (unpaired) electrons. The summed E-state index contributed by atoms with van der Waals surface area (Å²) < 4.78 is 7.07. The number of nitrogens with zero attached hydrogens (tertiary/aromatic N) is 5. The zero-order valence-electron chi connectivity index (χ0n) is 46.7.